The third kappa shape index (κ3) is 1.93. The summed E-state index contributed by atoms with van der Waals surface area (Å²) in [5, 5.41) is 0. The molecule has 3 fully saturated rings. The van der Waals surface area contributed by atoms with Crippen LogP contribution in [0.1, 0.15) is 66.2 Å². The monoisotopic (exact) mass is 280 g/mol. The van der Waals surface area contributed by atoms with E-state index in [0.717, 1.165) is 12.8 Å². The van der Waals surface area contributed by atoms with Crippen molar-refractivity contribution >= 4 is 5.97 Å². The molecular weight excluding hydrogens is 252 g/mol. The van der Waals surface area contributed by atoms with Gasteiger partial charge in [-0.1, -0.05) is 13.3 Å². The summed E-state index contributed by atoms with van der Waals surface area (Å²) < 4.78 is 12.1. The molecule has 1 heterocycles. The molecule has 1 aliphatic heterocycles. The number of carbonyl (C=O) groups is 1. The standard InChI is InChI=1S/C17H28O3/c1-12(18)19-11-14-6-5-8-16(4)9-7-13-10-17(14,16)20-15(13,2)3/h13-14H,5-11H2,1-4H3/t13-,14+,16+,17+/m1/s1. The van der Waals surface area contributed by atoms with E-state index in [1.165, 1.54) is 32.6 Å². The van der Waals surface area contributed by atoms with Crippen LogP contribution in [0.25, 0.3) is 0 Å². The first-order chi connectivity index (χ1) is 9.29. The molecule has 3 rings (SSSR count). The fraction of sp³-hybridized carbons (Fsp3) is 0.941. The smallest absolute Gasteiger partial charge is 0.302 e. The van der Waals surface area contributed by atoms with Gasteiger partial charge >= 0.3 is 5.97 Å². The normalized spacial score (nSPS) is 45.8. The van der Waals surface area contributed by atoms with E-state index in [4.69, 9.17) is 9.47 Å². The minimum atomic E-state index is -0.168. The largest absolute Gasteiger partial charge is 0.465 e. The summed E-state index contributed by atoms with van der Waals surface area (Å²) in [6.45, 7) is 8.94. The highest BCUT2D eigenvalue weighted by molar-refractivity contribution is 5.65. The van der Waals surface area contributed by atoms with Crippen LogP contribution in [0.15, 0.2) is 0 Å². The summed E-state index contributed by atoms with van der Waals surface area (Å²) in [5.74, 6) is 0.863. The molecule has 0 aromatic rings. The fourth-order valence-corrected chi connectivity index (χ4v) is 5.22. The molecule has 3 nitrogen and oxygen atoms in total. The lowest BCUT2D eigenvalue weighted by atomic mass is 9.52. The average molecular weight is 280 g/mol. The van der Waals surface area contributed by atoms with Crippen molar-refractivity contribution in [1.29, 1.82) is 0 Å². The molecule has 0 aromatic heterocycles. The molecular formula is C17H28O3. The summed E-state index contributed by atoms with van der Waals surface area (Å²) in [7, 11) is 0. The molecule has 3 aliphatic rings. The fourth-order valence-electron chi connectivity index (χ4n) is 5.22. The molecule has 2 aliphatic carbocycles. The van der Waals surface area contributed by atoms with Crippen molar-refractivity contribution < 1.29 is 14.3 Å². The average Bonchev–Trinajstić information content (AvgIpc) is 2.58. The minimum absolute atomic E-state index is 0.0242. The number of fused-ring (bicyclic) bond motifs is 1. The number of carbonyl (C=O) groups excluding carboxylic acids is 1. The van der Waals surface area contributed by atoms with Gasteiger partial charge in [-0.15, -0.1) is 0 Å². The van der Waals surface area contributed by atoms with Crippen molar-refractivity contribution in [1.82, 2.24) is 0 Å². The van der Waals surface area contributed by atoms with Crippen LogP contribution in [0.5, 0.6) is 0 Å². The van der Waals surface area contributed by atoms with E-state index in [0.29, 0.717) is 18.4 Å². The zero-order chi connectivity index (χ0) is 14.6. The van der Waals surface area contributed by atoms with Gasteiger partial charge in [0.1, 0.15) is 0 Å². The third-order valence-corrected chi connectivity index (χ3v) is 6.47. The van der Waals surface area contributed by atoms with Gasteiger partial charge in [-0.05, 0) is 57.3 Å². The molecule has 0 unspecified atom stereocenters. The van der Waals surface area contributed by atoms with Gasteiger partial charge in [0.05, 0.1) is 17.8 Å². The van der Waals surface area contributed by atoms with Crippen molar-refractivity contribution in [2.24, 2.45) is 17.3 Å². The maximum absolute atomic E-state index is 11.2. The Labute approximate surface area is 122 Å². The number of hydrogen-bond donors (Lipinski definition) is 0. The first-order valence-electron chi connectivity index (χ1n) is 8.13. The Morgan fingerprint density at radius 1 is 1.25 bits per heavy atom. The Morgan fingerprint density at radius 3 is 2.70 bits per heavy atom. The molecule has 0 N–H and O–H groups in total. The van der Waals surface area contributed by atoms with E-state index in [1.54, 1.807) is 0 Å². The third-order valence-electron chi connectivity index (χ3n) is 6.47. The maximum Gasteiger partial charge on any atom is 0.302 e. The Kier molecular flexibility index (Phi) is 3.20. The molecule has 20 heavy (non-hydrogen) atoms. The maximum atomic E-state index is 11.2. The summed E-state index contributed by atoms with van der Waals surface area (Å²) in [5.41, 5.74) is 0.178. The zero-order valence-electron chi connectivity index (χ0n) is 13.3. The quantitative estimate of drug-likeness (QED) is 0.723. The highest BCUT2D eigenvalue weighted by atomic mass is 16.5. The minimum Gasteiger partial charge on any atom is -0.465 e. The number of hydrogen-bond acceptors (Lipinski definition) is 3. The lowest BCUT2D eigenvalue weighted by Crippen LogP contribution is -2.57. The Bertz CT molecular complexity index is 416. The summed E-state index contributed by atoms with van der Waals surface area (Å²) in [6, 6.07) is 0. The summed E-state index contributed by atoms with van der Waals surface area (Å²) in [4.78, 5) is 11.2. The van der Waals surface area contributed by atoms with Gasteiger partial charge in [-0.2, -0.15) is 0 Å². The van der Waals surface area contributed by atoms with Crippen LogP contribution in [0.3, 0.4) is 0 Å². The van der Waals surface area contributed by atoms with Crippen molar-refractivity contribution in [2.45, 2.75) is 77.4 Å². The van der Waals surface area contributed by atoms with Gasteiger partial charge < -0.3 is 9.47 Å². The molecule has 1 saturated heterocycles. The van der Waals surface area contributed by atoms with Crippen molar-refractivity contribution in [3.63, 3.8) is 0 Å². The van der Waals surface area contributed by atoms with Gasteiger partial charge in [0.15, 0.2) is 0 Å². The molecule has 1 spiro atoms. The lowest BCUT2D eigenvalue weighted by molar-refractivity contribution is -0.207. The molecule has 0 amide bonds. The van der Waals surface area contributed by atoms with Crippen molar-refractivity contribution in [3.8, 4) is 0 Å². The Hall–Kier alpha value is -0.570. The SMILES string of the molecule is CC(=O)OC[C@@H]1CCC[C@@]2(C)CC[C@@H]3C[C@]12OC3(C)C. The molecule has 0 radical (unpaired) electrons. The Morgan fingerprint density at radius 2 is 2.00 bits per heavy atom. The van der Waals surface area contributed by atoms with Crippen LogP contribution in [0, 0.1) is 17.3 Å². The summed E-state index contributed by atoms with van der Waals surface area (Å²) >= 11 is 0. The van der Waals surface area contributed by atoms with Crippen molar-refractivity contribution in [2.75, 3.05) is 6.61 Å². The molecule has 114 valence electrons. The number of esters is 1. The second-order valence-corrected chi connectivity index (χ2v) is 7.99. The predicted molar refractivity (Wildman–Crippen MR) is 77.3 cm³/mol. The van der Waals surface area contributed by atoms with Crippen LogP contribution in [-0.4, -0.2) is 23.8 Å². The van der Waals surface area contributed by atoms with Gasteiger partial charge in [0, 0.05) is 12.8 Å². The molecule has 0 aromatic carbocycles. The highest BCUT2D eigenvalue weighted by Crippen LogP contribution is 2.65. The second-order valence-electron chi connectivity index (χ2n) is 7.99. The first kappa shape index (κ1) is 14.4. The van der Waals surface area contributed by atoms with Gasteiger partial charge in [0.25, 0.3) is 0 Å². The number of rotatable bonds is 2. The highest BCUT2D eigenvalue weighted by Gasteiger charge is 2.66. The van der Waals surface area contributed by atoms with E-state index in [1.807, 2.05) is 0 Å². The summed E-state index contributed by atoms with van der Waals surface area (Å²) in [6.07, 6.45) is 7.32. The zero-order valence-corrected chi connectivity index (χ0v) is 13.3. The van der Waals surface area contributed by atoms with E-state index in [-0.39, 0.29) is 22.6 Å². The van der Waals surface area contributed by atoms with Crippen LogP contribution < -0.4 is 0 Å². The van der Waals surface area contributed by atoms with Gasteiger partial charge in [-0.3, -0.25) is 4.79 Å². The second kappa shape index (κ2) is 4.46. The molecule has 2 saturated carbocycles. The van der Waals surface area contributed by atoms with Gasteiger partial charge in [0.2, 0.25) is 0 Å². The first-order valence-corrected chi connectivity index (χ1v) is 8.13. The molecule has 3 heteroatoms. The predicted octanol–water partition coefficient (Wildman–Crippen LogP) is 3.70. The van der Waals surface area contributed by atoms with Crippen LogP contribution >= 0.6 is 0 Å². The van der Waals surface area contributed by atoms with E-state index < -0.39 is 0 Å². The van der Waals surface area contributed by atoms with E-state index in [2.05, 4.69) is 20.8 Å². The van der Waals surface area contributed by atoms with Crippen LogP contribution in [-0.2, 0) is 14.3 Å². The Balaban J connectivity index is 1.91. The number of ether oxygens (including phenoxy) is 2. The molecule has 2 bridgehead atoms. The van der Waals surface area contributed by atoms with Crippen LogP contribution in [0.4, 0.5) is 0 Å². The molecule has 4 atom stereocenters. The lowest BCUT2D eigenvalue weighted by Gasteiger charge is -2.55. The van der Waals surface area contributed by atoms with Gasteiger partial charge in [-0.25, -0.2) is 0 Å². The van der Waals surface area contributed by atoms with E-state index >= 15 is 0 Å². The van der Waals surface area contributed by atoms with E-state index in [9.17, 15) is 4.79 Å². The van der Waals surface area contributed by atoms with Crippen LogP contribution in [0.2, 0.25) is 0 Å². The van der Waals surface area contributed by atoms with Crippen molar-refractivity contribution in [3.05, 3.63) is 0 Å². The topological polar surface area (TPSA) is 35.5 Å².